The summed E-state index contributed by atoms with van der Waals surface area (Å²) in [7, 11) is 1.63. The zero-order valence-corrected chi connectivity index (χ0v) is 11.2. The lowest BCUT2D eigenvalue weighted by Gasteiger charge is -2.23. The van der Waals surface area contributed by atoms with Crippen molar-refractivity contribution in [1.82, 2.24) is 4.98 Å². The number of nitrogens with two attached hydrogens (primary N) is 1. The van der Waals surface area contributed by atoms with Crippen LogP contribution in [0.15, 0.2) is 24.3 Å². The molecule has 0 fully saturated rings. The average molecular weight is 275 g/mol. The summed E-state index contributed by atoms with van der Waals surface area (Å²) in [6.07, 6.45) is 0.384. The molecule has 6 heteroatoms. The van der Waals surface area contributed by atoms with Gasteiger partial charge in [-0.15, -0.1) is 0 Å². The number of fused-ring (bicyclic) bond motifs is 1. The van der Waals surface area contributed by atoms with Gasteiger partial charge in [-0.3, -0.25) is 4.79 Å². The van der Waals surface area contributed by atoms with E-state index in [0.717, 1.165) is 16.2 Å². The number of carbonyl (C=O) groups is 1. The SMILES string of the molecule is COc1ccccc1C1CC(=O)Nc2nc(N)sc21. The van der Waals surface area contributed by atoms with Crippen molar-refractivity contribution in [2.45, 2.75) is 12.3 Å². The number of carbonyl (C=O) groups excluding carboxylic acids is 1. The topological polar surface area (TPSA) is 77.2 Å². The molecule has 98 valence electrons. The third-order valence-corrected chi connectivity index (χ3v) is 4.15. The van der Waals surface area contributed by atoms with Crippen LogP contribution in [0, 0.1) is 0 Å². The second-order valence-corrected chi connectivity index (χ2v) is 5.37. The Labute approximate surface area is 114 Å². The second kappa shape index (κ2) is 4.55. The van der Waals surface area contributed by atoms with E-state index < -0.39 is 0 Å². The van der Waals surface area contributed by atoms with Gasteiger partial charge in [0.2, 0.25) is 5.91 Å². The number of ether oxygens (including phenoxy) is 1. The highest BCUT2D eigenvalue weighted by Crippen LogP contribution is 2.43. The van der Waals surface area contributed by atoms with Gasteiger partial charge in [-0.25, -0.2) is 4.98 Å². The molecule has 1 amide bonds. The van der Waals surface area contributed by atoms with Gasteiger partial charge in [0.25, 0.3) is 0 Å². The number of nitrogen functional groups attached to an aromatic ring is 1. The summed E-state index contributed by atoms with van der Waals surface area (Å²) >= 11 is 1.41. The Hall–Kier alpha value is -2.08. The Bertz CT molecular complexity index is 639. The summed E-state index contributed by atoms with van der Waals surface area (Å²) in [5, 5.41) is 3.22. The summed E-state index contributed by atoms with van der Waals surface area (Å²) < 4.78 is 5.38. The minimum absolute atomic E-state index is 0.0466. The van der Waals surface area contributed by atoms with Crippen molar-refractivity contribution in [2.75, 3.05) is 18.2 Å². The summed E-state index contributed by atoms with van der Waals surface area (Å²) in [5.41, 5.74) is 6.73. The first-order valence-corrected chi connectivity index (χ1v) is 6.69. The van der Waals surface area contributed by atoms with Crippen LogP contribution in [0.4, 0.5) is 10.9 Å². The lowest BCUT2D eigenvalue weighted by molar-refractivity contribution is -0.116. The van der Waals surface area contributed by atoms with Crippen LogP contribution in [0.25, 0.3) is 0 Å². The Morgan fingerprint density at radius 3 is 3.05 bits per heavy atom. The van der Waals surface area contributed by atoms with Crippen LogP contribution in [0.1, 0.15) is 22.8 Å². The first-order chi connectivity index (χ1) is 9.19. The maximum Gasteiger partial charge on any atom is 0.226 e. The number of nitrogens with zero attached hydrogens (tertiary/aromatic N) is 1. The first-order valence-electron chi connectivity index (χ1n) is 5.88. The van der Waals surface area contributed by atoms with Crippen LogP contribution in [0.5, 0.6) is 5.75 Å². The fourth-order valence-corrected chi connectivity index (χ4v) is 3.25. The zero-order chi connectivity index (χ0) is 13.4. The number of nitrogens with one attached hydrogen (secondary N) is 1. The summed E-state index contributed by atoms with van der Waals surface area (Å²) in [5.74, 6) is 1.26. The van der Waals surface area contributed by atoms with Gasteiger partial charge in [0.1, 0.15) is 11.6 Å². The molecule has 1 aromatic heterocycles. The third kappa shape index (κ3) is 2.04. The number of para-hydroxylation sites is 1. The molecule has 0 radical (unpaired) electrons. The van der Waals surface area contributed by atoms with E-state index in [1.54, 1.807) is 7.11 Å². The molecule has 1 atom stereocenters. The average Bonchev–Trinajstić information content (AvgIpc) is 2.77. The van der Waals surface area contributed by atoms with Gasteiger partial charge in [0.15, 0.2) is 5.13 Å². The van der Waals surface area contributed by atoms with E-state index in [-0.39, 0.29) is 11.8 Å². The highest BCUT2D eigenvalue weighted by Gasteiger charge is 2.31. The smallest absolute Gasteiger partial charge is 0.226 e. The van der Waals surface area contributed by atoms with E-state index in [2.05, 4.69) is 10.3 Å². The van der Waals surface area contributed by atoms with Crippen molar-refractivity contribution in [2.24, 2.45) is 0 Å². The summed E-state index contributed by atoms with van der Waals surface area (Å²) in [4.78, 5) is 16.9. The van der Waals surface area contributed by atoms with Crippen LogP contribution in [0.2, 0.25) is 0 Å². The van der Waals surface area contributed by atoms with Gasteiger partial charge in [-0.1, -0.05) is 29.5 Å². The molecule has 0 saturated carbocycles. The Morgan fingerprint density at radius 1 is 1.47 bits per heavy atom. The number of amides is 1. The molecule has 3 rings (SSSR count). The molecule has 1 aromatic carbocycles. The molecule has 3 N–H and O–H groups in total. The van der Waals surface area contributed by atoms with E-state index in [9.17, 15) is 4.79 Å². The molecule has 2 aromatic rings. The molecule has 1 unspecified atom stereocenters. The van der Waals surface area contributed by atoms with Crippen LogP contribution in [-0.4, -0.2) is 18.0 Å². The number of hydrogen-bond donors (Lipinski definition) is 2. The monoisotopic (exact) mass is 275 g/mol. The number of hydrogen-bond acceptors (Lipinski definition) is 5. The lowest BCUT2D eigenvalue weighted by Crippen LogP contribution is -2.22. The molecule has 1 aliphatic rings. The highest BCUT2D eigenvalue weighted by atomic mass is 32.1. The minimum Gasteiger partial charge on any atom is -0.496 e. The predicted molar refractivity (Wildman–Crippen MR) is 74.6 cm³/mol. The first kappa shape index (κ1) is 12.0. The van der Waals surface area contributed by atoms with E-state index in [4.69, 9.17) is 10.5 Å². The van der Waals surface area contributed by atoms with Crippen LogP contribution >= 0.6 is 11.3 Å². The molecular weight excluding hydrogens is 262 g/mol. The van der Waals surface area contributed by atoms with E-state index in [1.165, 1.54) is 11.3 Å². The largest absolute Gasteiger partial charge is 0.496 e. The number of rotatable bonds is 2. The van der Waals surface area contributed by atoms with Crippen molar-refractivity contribution in [1.29, 1.82) is 0 Å². The number of aromatic nitrogens is 1. The highest BCUT2D eigenvalue weighted by molar-refractivity contribution is 7.16. The maximum atomic E-state index is 11.8. The normalized spacial score (nSPS) is 17.7. The quantitative estimate of drug-likeness (QED) is 0.881. The molecule has 0 saturated heterocycles. The van der Waals surface area contributed by atoms with Gasteiger partial charge in [0, 0.05) is 17.9 Å². The zero-order valence-electron chi connectivity index (χ0n) is 10.3. The summed E-state index contributed by atoms with van der Waals surface area (Å²) in [6.45, 7) is 0. The maximum absolute atomic E-state index is 11.8. The van der Waals surface area contributed by atoms with E-state index >= 15 is 0 Å². The molecule has 5 nitrogen and oxygen atoms in total. The Balaban J connectivity index is 2.12. The van der Waals surface area contributed by atoms with Crippen molar-refractivity contribution in [3.05, 3.63) is 34.7 Å². The third-order valence-electron chi connectivity index (χ3n) is 3.15. The van der Waals surface area contributed by atoms with Crippen molar-refractivity contribution < 1.29 is 9.53 Å². The fourth-order valence-electron chi connectivity index (χ4n) is 2.34. The Kier molecular flexibility index (Phi) is 2.87. The fraction of sp³-hybridized carbons (Fsp3) is 0.231. The molecule has 0 spiro atoms. The van der Waals surface area contributed by atoms with Gasteiger partial charge in [0.05, 0.1) is 12.0 Å². The molecule has 19 heavy (non-hydrogen) atoms. The molecular formula is C13H13N3O2S. The molecule has 1 aliphatic heterocycles. The van der Waals surface area contributed by atoms with Crippen LogP contribution in [0.3, 0.4) is 0 Å². The lowest BCUT2D eigenvalue weighted by atomic mass is 9.91. The number of anilines is 2. The van der Waals surface area contributed by atoms with Crippen molar-refractivity contribution in [3.63, 3.8) is 0 Å². The molecule has 2 heterocycles. The number of methoxy groups -OCH3 is 1. The van der Waals surface area contributed by atoms with E-state index in [1.807, 2.05) is 24.3 Å². The Morgan fingerprint density at radius 2 is 2.26 bits per heavy atom. The molecule has 0 bridgehead atoms. The summed E-state index contributed by atoms with van der Waals surface area (Å²) in [6, 6.07) is 7.72. The van der Waals surface area contributed by atoms with Crippen LogP contribution in [-0.2, 0) is 4.79 Å². The standard InChI is InChI=1S/C13H13N3O2S/c1-18-9-5-3-2-4-7(9)8-6-10(17)15-12-11(8)19-13(14)16-12/h2-5,8H,6H2,1H3,(H2,14,16)(H,15,17). The van der Waals surface area contributed by atoms with Gasteiger partial charge in [-0.2, -0.15) is 0 Å². The number of thiazole rings is 1. The number of benzene rings is 1. The van der Waals surface area contributed by atoms with Gasteiger partial charge >= 0.3 is 0 Å². The minimum atomic E-state index is -0.0475. The van der Waals surface area contributed by atoms with Crippen molar-refractivity contribution in [3.8, 4) is 5.75 Å². The van der Waals surface area contributed by atoms with E-state index in [0.29, 0.717) is 17.4 Å². The van der Waals surface area contributed by atoms with Gasteiger partial charge < -0.3 is 15.8 Å². The van der Waals surface area contributed by atoms with Gasteiger partial charge in [-0.05, 0) is 6.07 Å². The molecule has 0 aliphatic carbocycles. The second-order valence-electron chi connectivity index (χ2n) is 4.31. The van der Waals surface area contributed by atoms with Crippen LogP contribution < -0.4 is 15.8 Å². The predicted octanol–water partition coefficient (Wildman–Crippen LogP) is 2.21. The van der Waals surface area contributed by atoms with Crippen molar-refractivity contribution >= 4 is 28.2 Å².